The number of para-hydroxylation sites is 1. The first-order chi connectivity index (χ1) is 15.2. The molecule has 4 aromatic carbocycles. The van der Waals surface area contributed by atoms with Gasteiger partial charge in [0.25, 0.3) is 0 Å². The average molecular weight is 418 g/mol. The summed E-state index contributed by atoms with van der Waals surface area (Å²) in [6, 6.07) is 28.4. The van der Waals surface area contributed by atoms with Crippen LogP contribution in [0.2, 0.25) is 0 Å². The molecule has 0 saturated heterocycles. The van der Waals surface area contributed by atoms with E-state index in [1.165, 1.54) is 55.8 Å². The van der Waals surface area contributed by atoms with Gasteiger partial charge in [-0.05, 0) is 40.5 Å². The van der Waals surface area contributed by atoms with E-state index in [-0.39, 0.29) is 5.41 Å². The van der Waals surface area contributed by atoms with Crippen molar-refractivity contribution in [1.29, 1.82) is 0 Å². The van der Waals surface area contributed by atoms with Crippen molar-refractivity contribution < 1.29 is 0 Å². The fraction of sp³-hybridized carbons (Fsp3) is 0.111. The van der Waals surface area contributed by atoms with Crippen LogP contribution in [0.1, 0.15) is 25.0 Å². The second-order valence-corrected chi connectivity index (χ2v) is 9.34. The zero-order valence-electron chi connectivity index (χ0n) is 17.3. The first-order valence-electron chi connectivity index (χ1n) is 10.5. The SMILES string of the molecule is CC1(C)c2ccccc2-c2ccc3c4ccccc4n(-c4cccc5nsnc45)c3c21. The third-order valence-corrected chi connectivity index (χ3v) is 7.40. The predicted molar refractivity (Wildman–Crippen MR) is 129 cm³/mol. The van der Waals surface area contributed by atoms with E-state index in [0.717, 1.165) is 16.7 Å². The lowest BCUT2D eigenvalue weighted by Crippen LogP contribution is -2.16. The Kier molecular flexibility index (Phi) is 3.22. The highest BCUT2D eigenvalue weighted by Gasteiger charge is 2.38. The molecule has 1 aliphatic carbocycles. The minimum Gasteiger partial charge on any atom is -0.307 e. The highest BCUT2D eigenvalue weighted by molar-refractivity contribution is 7.00. The van der Waals surface area contributed by atoms with E-state index in [9.17, 15) is 0 Å². The summed E-state index contributed by atoms with van der Waals surface area (Å²) in [7, 11) is 0. The summed E-state index contributed by atoms with van der Waals surface area (Å²) >= 11 is 1.28. The van der Waals surface area contributed by atoms with Crippen molar-refractivity contribution in [2.24, 2.45) is 0 Å². The van der Waals surface area contributed by atoms with Crippen LogP contribution in [-0.4, -0.2) is 13.3 Å². The van der Waals surface area contributed by atoms with Crippen LogP contribution in [0.3, 0.4) is 0 Å². The maximum Gasteiger partial charge on any atom is 0.128 e. The quantitative estimate of drug-likeness (QED) is 0.286. The zero-order chi connectivity index (χ0) is 20.7. The molecule has 0 radical (unpaired) electrons. The molecule has 148 valence electrons. The van der Waals surface area contributed by atoms with Gasteiger partial charge in [0.05, 0.1) is 28.4 Å². The molecule has 0 saturated carbocycles. The maximum absolute atomic E-state index is 4.67. The number of hydrogen-bond donors (Lipinski definition) is 0. The van der Waals surface area contributed by atoms with Crippen molar-refractivity contribution in [2.45, 2.75) is 19.3 Å². The molecule has 6 aromatic rings. The fourth-order valence-corrected chi connectivity index (χ4v) is 6.08. The van der Waals surface area contributed by atoms with E-state index in [1.807, 2.05) is 6.07 Å². The van der Waals surface area contributed by atoms with E-state index >= 15 is 0 Å². The van der Waals surface area contributed by atoms with Crippen molar-refractivity contribution in [1.82, 2.24) is 13.3 Å². The third-order valence-electron chi connectivity index (χ3n) is 6.86. The molecule has 4 heteroatoms. The topological polar surface area (TPSA) is 30.7 Å². The summed E-state index contributed by atoms with van der Waals surface area (Å²) in [6.07, 6.45) is 0. The Balaban J connectivity index is 1.74. The van der Waals surface area contributed by atoms with Crippen LogP contribution in [0, 0.1) is 0 Å². The number of nitrogens with zero attached hydrogens (tertiary/aromatic N) is 3. The van der Waals surface area contributed by atoms with E-state index in [2.05, 4.69) is 100.0 Å². The van der Waals surface area contributed by atoms with Gasteiger partial charge in [-0.15, -0.1) is 0 Å². The van der Waals surface area contributed by atoms with E-state index in [4.69, 9.17) is 0 Å². The van der Waals surface area contributed by atoms with E-state index in [0.29, 0.717) is 0 Å². The molecule has 2 aromatic heterocycles. The summed E-state index contributed by atoms with van der Waals surface area (Å²) in [5, 5.41) is 2.56. The van der Waals surface area contributed by atoms with Crippen LogP contribution in [-0.2, 0) is 5.41 Å². The molecule has 3 nitrogen and oxygen atoms in total. The Morgan fingerprint density at radius 2 is 1.58 bits per heavy atom. The number of benzene rings is 4. The summed E-state index contributed by atoms with van der Waals surface area (Å²) in [6.45, 7) is 4.70. The molecule has 31 heavy (non-hydrogen) atoms. The van der Waals surface area contributed by atoms with Gasteiger partial charge in [0.15, 0.2) is 0 Å². The summed E-state index contributed by atoms with van der Waals surface area (Å²) in [5.74, 6) is 0. The first-order valence-corrected chi connectivity index (χ1v) is 11.3. The van der Waals surface area contributed by atoms with Gasteiger partial charge in [-0.25, -0.2) is 0 Å². The lowest BCUT2D eigenvalue weighted by atomic mass is 9.81. The molecule has 0 unspecified atom stereocenters. The second-order valence-electron chi connectivity index (χ2n) is 8.82. The van der Waals surface area contributed by atoms with Gasteiger partial charge in [0.2, 0.25) is 0 Å². The van der Waals surface area contributed by atoms with E-state index in [1.54, 1.807) is 0 Å². The van der Waals surface area contributed by atoms with E-state index < -0.39 is 0 Å². The molecule has 0 atom stereocenters. The second kappa shape index (κ2) is 5.80. The zero-order valence-corrected chi connectivity index (χ0v) is 18.1. The van der Waals surface area contributed by atoms with Crippen LogP contribution >= 0.6 is 11.7 Å². The average Bonchev–Trinajstić information content (AvgIpc) is 3.46. The largest absolute Gasteiger partial charge is 0.307 e. The highest BCUT2D eigenvalue weighted by atomic mass is 32.1. The molecule has 7 rings (SSSR count). The van der Waals surface area contributed by atoms with Gasteiger partial charge >= 0.3 is 0 Å². The first kappa shape index (κ1) is 17.2. The Morgan fingerprint density at radius 1 is 0.742 bits per heavy atom. The van der Waals surface area contributed by atoms with Crippen molar-refractivity contribution >= 4 is 44.6 Å². The lowest BCUT2D eigenvalue weighted by molar-refractivity contribution is 0.664. The molecule has 0 amide bonds. The monoisotopic (exact) mass is 417 g/mol. The Morgan fingerprint density at radius 3 is 2.52 bits per heavy atom. The number of fused-ring (bicyclic) bond motifs is 8. The standard InChI is InChI=1S/C27H19N3S/c1-27(2)20-10-5-3-8-16(20)18-14-15-19-17-9-4-6-12-22(17)30(26(19)24(18)27)23-13-7-11-21-25(23)29-31-28-21/h3-15H,1-2H3. The van der Waals surface area contributed by atoms with Crippen LogP contribution in [0.25, 0.3) is 49.7 Å². The van der Waals surface area contributed by atoms with Crippen LogP contribution < -0.4 is 0 Å². The Hall–Kier alpha value is -3.50. The third kappa shape index (κ3) is 2.08. The predicted octanol–water partition coefficient (Wildman–Crippen LogP) is 7.09. The minimum absolute atomic E-state index is 0.0915. The van der Waals surface area contributed by atoms with Crippen LogP contribution in [0.5, 0.6) is 0 Å². The summed E-state index contributed by atoms with van der Waals surface area (Å²) < 4.78 is 11.6. The highest BCUT2D eigenvalue weighted by Crippen LogP contribution is 2.52. The van der Waals surface area contributed by atoms with Gasteiger partial charge in [-0.3, -0.25) is 0 Å². The molecular formula is C27H19N3S. The summed E-state index contributed by atoms with van der Waals surface area (Å²) in [4.78, 5) is 0. The molecule has 1 aliphatic rings. The van der Waals surface area contributed by atoms with Gasteiger partial charge in [0.1, 0.15) is 11.0 Å². The lowest BCUT2D eigenvalue weighted by Gasteiger charge is -2.23. The van der Waals surface area contributed by atoms with Crippen molar-refractivity contribution in [3.63, 3.8) is 0 Å². The van der Waals surface area contributed by atoms with Crippen molar-refractivity contribution in [3.8, 4) is 16.8 Å². The molecule has 0 aliphatic heterocycles. The minimum atomic E-state index is -0.0915. The van der Waals surface area contributed by atoms with Crippen molar-refractivity contribution in [2.75, 3.05) is 0 Å². The number of hydrogen-bond acceptors (Lipinski definition) is 3. The molecule has 2 heterocycles. The molecule has 0 bridgehead atoms. The van der Waals surface area contributed by atoms with Gasteiger partial charge in [-0.1, -0.05) is 74.5 Å². The van der Waals surface area contributed by atoms with Gasteiger partial charge < -0.3 is 4.57 Å². The molecule has 0 N–H and O–H groups in total. The Bertz CT molecular complexity index is 1670. The molecular weight excluding hydrogens is 398 g/mol. The fourth-order valence-electron chi connectivity index (χ4n) is 5.53. The number of rotatable bonds is 1. The smallest absolute Gasteiger partial charge is 0.128 e. The maximum atomic E-state index is 4.67. The van der Waals surface area contributed by atoms with Gasteiger partial charge in [0, 0.05) is 16.2 Å². The Labute approximate surface area is 183 Å². The van der Waals surface area contributed by atoms with Gasteiger partial charge in [-0.2, -0.15) is 8.75 Å². The number of aromatic nitrogens is 3. The van der Waals surface area contributed by atoms with Crippen LogP contribution in [0.15, 0.2) is 78.9 Å². The molecule has 0 fully saturated rings. The van der Waals surface area contributed by atoms with Crippen molar-refractivity contribution in [3.05, 3.63) is 90.0 Å². The normalized spacial score (nSPS) is 14.4. The summed E-state index contributed by atoms with van der Waals surface area (Å²) in [5.41, 5.74) is 10.9. The molecule has 0 spiro atoms. The van der Waals surface area contributed by atoms with Crippen LogP contribution in [0.4, 0.5) is 0 Å².